The largest absolute Gasteiger partial charge is 0.334 e. The van der Waals surface area contributed by atoms with Crippen LogP contribution in [0.3, 0.4) is 0 Å². The van der Waals surface area contributed by atoms with Crippen LogP contribution in [0, 0.1) is 6.92 Å². The lowest BCUT2D eigenvalue weighted by Crippen LogP contribution is -2.35. The van der Waals surface area contributed by atoms with Crippen LogP contribution in [0.2, 0.25) is 5.02 Å². The van der Waals surface area contributed by atoms with Gasteiger partial charge in [-0.05, 0) is 67.3 Å². The molecule has 3 amide bonds. The van der Waals surface area contributed by atoms with Crippen LogP contribution >= 0.6 is 11.6 Å². The zero-order valence-electron chi connectivity index (χ0n) is 17.5. The fraction of sp³-hybridized carbons (Fsp3) is 0.200. The molecule has 1 heterocycles. The normalized spacial score (nSPS) is 14.8. The Morgan fingerprint density at radius 1 is 1.06 bits per heavy atom. The molecule has 0 bridgehead atoms. The van der Waals surface area contributed by atoms with Crippen molar-refractivity contribution in [3.05, 3.63) is 94.0 Å². The van der Waals surface area contributed by atoms with Gasteiger partial charge >= 0.3 is 6.03 Å². The van der Waals surface area contributed by atoms with Crippen molar-refractivity contribution >= 4 is 34.9 Å². The van der Waals surface area contributed by atoms with Crippen LogP contribution in [0.5, 0.6) is 0 Å². The van der Waals surface area contributed by atoms with E-state index < -0.39 is 0 Å². The molecule has 1 atom stereocenters. The number of anilines is 2. The molecule has 3 aromatic carbocycles. The quantitative estimate of drug-likeness (QED) is 0.565. The van der Waals surface area contributed by atoms with Gasteiger partial charge in [0.05, 0.1) is 0 Å². The molecule has 1 aliphatic rings. The first kappa shape index (κ1) is 20.9. The Kier molecular flexibility index (Phi) is 5.96. The summed E-state index contributed by atoms with van der Waals surface area (Å²) in [6.45, 7) is 4.26. The van der Waals surface area contributed by atoms with E-state index in [0.717, 1.165) is 28.8 Å². The maximum Gasteiger partial charge on any atom is 0.319 e. The predicted molar refractivity (Wildman–Crippen MR) is 125 cm³/mol. The number of amides is 3. The van der Waals surface area contributed by atoms with Crippen molar-refractivity contribution in [1.29, 1.82) is 0 Å². The fourth-order valence-corrected chi connectivity index (χ4v) is 4.06. The molecule has 0 aromatic heterocycles. The zero-order chi connectivity index (χ0) is 22.0. The highest BCUT2D eigenvalue weighted by molar-refractivity contribution is 6.31. The Hall–Kier alpha value is -3.31. The summed E-state index contributed by atoms with van der Waals surface area (Å²) in [6.07, 6.45) is 0.816. The van der Waals surface area contributed by atoms with Gasteiger partial charge in [0, 0.05) is 34.5 Å². The van der Waals surface area contributed by atoms with Crippen molar-refractivity contribution < 1.29 is 9.59 Å². The van der Waals surface area contributed by atoms with Crippen LogP contribution in [0.4, 0.5) is 16.2 Å². The van der Waals surface area contributed by atoms with E-state index >= 15 is 0 Å². The standard InChI is InChI=1S/C25H24ClN3O2/c1-16-13-20-12-11-18(14-23(20)29(16)24(30)19-7-4-3-5-8-19)15-27-25(31)28-22-10-6-9-21(26)17(22)2/h3-12,14,16H,13,15H2,1-2H3,(H2,27,28,31). The third-order valence-corrected chi connectivity index (χ3v) is 5.98. The summed E-state index contributed by atoms with van der Waals surface area (Å²) in [6, 6.07) is 20.5. The lowest BCUT2D eigenvalue weighted by atomic mass is 10.1. The van der Waals surface area contributed by atoms with E-state index in [1.807, 2.05) is 66.4 Å². The molecule has 5 nitrogen and oxygen atoms in total. The van der Waals surface area contributed by atoms with Crippen molar-refractivity contribution in [2.75, 3.05) is 10.2 Å². The van der Waals surface area contributed by atoms with Gasteiger partial charge < -0.3 is 15.5 Å². The minimum Gasteiger partial charge on any atom is -0.334 e. The molecule has 1 unspecified atom stereocenters. The van der Waals surface area contributed by atoms with Gasteiger partial charge in [0.2, 0.25) is 0 Å². The van der Waals surface area contributed by atoms with Gasteiger partial charge in [-0.3, -0.25) is 4.79 Å². The average molecular weight is 434 g/mol. The highest BCUT2D eigenvalue weighted by atomic mass is 35.5. The first-order valence-corrected chi connectivity index (χ1v) is 10.6. The van der Waals surface area contributed by atoms with Crippen molar-refractivity contribution in [2.45, 2.75) is 32.9 Å². The molecular weight excluding hydrogens is 410 g/mol. The van der Waals surface area contributed by atoms with Crippen molar-refractivity contribution in [2.24, 2.45) is 0 Å². The smallest absolute Gasteiger partial charge is 0.319 e. The molecule has 6 heteroatoms. The maximum absolute atomic E-state index is 13.1. The summed E-state index contributed by atoms with van der Waals surface area (Å²) in [4.78, 5) is 27.3. The number of carbonyl (C=O) groups is 2. The maximum atomic E-state index is 13.1. The third kappa shape index (κ3) is 4.42. The number of halogens is 1. The van der Waals surface area contributed by atoms with Gasteiger partial charge in [-0.25, -0.2) is 4.79 Å². The van der Waals surface area contributed by atoms with Crippen LogP contribution in [0.25, 0.3) is 0 Å². The molecule has 31 heavy (non-hydrogen) atoms. The van der Waals surface area contributed by atoms with Crippen LogP contribution in [-0.4, -0.2) is 18.0 Å². The molecule has 0 saturated carbocycles. The van der Waals surface area contributed by atoms with E-state index in [2.05, 4.69) is 17.6 Å². The summed E-state index contributed by atoms with van der Waals surface area (Å²) < 4.78 is 0. The Morgan fingerprint density at radius 3 is 2.61 bits per heavy atom. The number of nitrogens with zero attached hydrogens (tertiary/aromatic N) is 1. The Bertz CT molecular complexity index is 1130. The van der Waals surface area contributed by atoms with E-state index in [4.69, 9.17) is 11.6 Å². The van der Waals surface area contributed by atoms with Crippen LogP contribution in [0.15, 0.2) is 66.7 Å². The van der Waals surface area contributed by atoms with E-state index in [0.29, 0.717) is 22.8 Å². The van der Waals surface area contributed by atoms with Gasteiger partial charge in [-0.1, -0.05) is 48.0 Å². The highest BCUT2D eigenvalue weighted by Gasteiger charge is 2.31. The first-order valence-electron chi connectivity index (χ1n) is 10.2. The molecule has 1 aliphatic heterocycles. The topological polar surface area (TPSA) is 61.4 Å². The van der Waals surface area contributed by atoms with Gasteiger partial charge in [0.25, 0.3) is 5.91 Å². The molecule has 158 valence electrons. The molecule has 2 N–H and O–H groups in total. The number of nitrogens with one attached hydrogen (secondary N) is 2. The second kappa shape index (κ2) is 8.82. The van der Waals surface area contributed by atoms with Crippen LogP contribution in [-0.2, 0) is 13.0 Å². The highest BCUT2D eigenvalue weighted by Crippen LogP contribution is 2.34. The molecule has 0 aliphatic carbocycles. The van der Waals surface area contributed by atoms with E-state index in [-0.39, 0.29) is 18.0 Å². The lowest BCUT2D eigenvalue weighted by Gasteiger charge is -2.23. The molecule has 3 aromatic rings. The molecule has 4 rings (SSSR count). The van der Waals surface area contributed by atoms with Gasteiger partial charge in [0.1, 0.15) is 0 Å². The number of urea groups is 1. The molecular formula is C25H24ClN3O2. The van der Waals surface area contributed by atoms with E-state index in [9.17, 15) is 9.59 Å². The Morgan fingerprint density at radius 2 is 1.84 bits per heavy atom. The van der Waals surface area contributed by atoms with Gasteiger partial charge in [0.15, 0.2) is 0 Å². The summed E-state index contributed by atoms with van der Waals surface area (Å²) >= 11 is 6.12. The number of hydrogen-bond acceptors (Lipinski definition) is 2. The molecule has 0 radical (unpaired) electrons. The van der Waals surface area contributed by atoms with Crippen LogP contribution in [0.1, 0.15) is 34.0 Å². The second-order valence-electron chi connectivity index (χ2n) is 7.78. The van der Waals surface area contributed by atoms with Gasteiger partial charge in [-0.2, -0.15) is 0 Å². The molecule has 0 saturated heterocycles. The fourth-order valence-electron chi connectivity index (χ4n) is 3.88. The SMILES string of the molecule is Cc1c(Cl)cccc1NC(=O)NCc1ccc2c(c1)N(C(=O)c1ccccc1)C(C)C2. The van der Waals surface area contributed by atoms with Crippen LogP contribution < -0.4 is 15.5 Å². The average Bonchev–Trinajstić information content (AvgIpc) is 3.10. The number of hydrogen-bond donors (Lipinski definition) is 2. The van der Waals surface area contributed by atoms with Crippen molar-refractivity contribution in [1.82, 2.24) is 5.32 Å². The summed E-state index contributed by atoms with van der Waals surface area (Å²) in [7, 11) is 0. The number of benzene rings is 3. The minimum atomic E-state index is -0.309. The summed E-state index contributed by atoms with van der Waals surface area (Å²) in [5.41, 5.74) is 5.14. The molecule has 0 spiro atoms. The Labute approximate surface area is 187 Å². The number of rotatable bonds is 4. The first-order chi connectivity index (χ1) is 14.9. The van der Waals surface area contributed by atoms with E-state index in [1.165, 1.54) is 0 Å². The predicted octanol–water partition coefficient (Wildman–Crippen LogP) is 5.56. The summed E-state index contributed by atoms with van der Waals surface area (Å²) in [5.74, 6) is -0.00821. The number of carbonyl (C=O) groups excluding carboxylic acids is 2. The third-order valence-electron chi connectivity index (χ3n) is 5.57. The second-order valence-corrected chi connectivity index (χ2v) is 8.18. The summed E-state index contributed by atoms with van der Waals surface area (Å²) in [5, 5.41) is 6.31. The molecule has 0 fully saturated rings. The lowest BCUT2D eigenvalue weighted by molar-refractivity contribution is 0.0981. The van der Waals surface area contributed by atoms with Crippen molar-refractivity contribution in [3.8, 4) is 0 Å². The zero-order valence-corrected chi connectivity index (χ0v) is 18.2. The number of fused-ring (bicyclic) bond motifs is 1. The van der Waals surface area contributed by atoms with Gasteiger partial charge in [-0.15, -0.1) is 0 Å². The van der Waals surface area contributed by atoms with Crippen molar-refractivity contribution in [3.63, 3.8) is 0 Å². The minimum absolute atomic E-state index is 0.00821. The van der Waals surface area contributed by atoms with E-state index in [1.54, 1.807) is 12.1 Å². The Balaban J connectivity index is 1.47. The monoisotopic (exact) mass is 433 g/mol.